The maximum absolute atomic E-state index is 12.1. The maximum atomic E-state index is 12.1. The molecular weight excluding hydrogens is 268 g/mol. The fourth-order valence-corrected chi connectivity index (χ4v) is 2.97. The molecule has 0 aromatic carbocycles. The Morgan fingerprint density at radius 3 is 2.33 bits per heavy atom. The molecule has 0 aromatic rings. The van der Waals surface area contributed by atoms with E-state index < -0.39 is 0 Å². The van der Waals surface area contributed by atoms with Crippen LogP contribution in [0.2, 0.25) is 0 Å². The Morgan fingerprint density at radius 2 is 1.81 bits per heavy atom. The van der Waals surface area contributed by atoms with Crippen LogP contribution in [0.5, 0.6) is 0 Å². The number of carbonyl (C=O) groups excluding carboxylic acids is 2. The molecule has 1 saturated carbocycles. The molecule has 21 heavy (non-hydrogen) atoms. The number of amides is 2. The third kappa shape index (κ3) is 4.22. The van der Waals surface area contributed by atoms with Crippen molar-refractivity contribution in [2.24, 2.45) is 11.7 Å². The van der Waals surface area contributed by atoms with Crippen LogP contribution in [0.1, 0.15) is 38.5 Å². The number of likely N-dealkylation sites (tertiary alicyclic amines) is 1. The molecule has 2 aliphatic rings. The SMILES string of the molecule is N#C/C(=C/N1CCC(C(N)=O)CC1)C(=O)NC1CCCC1. The highest BCUT2D eigenvalue weighted by atomic mass is 16.2. The quantitative estimate of drug-likeness (QED) is 0.586. The van der Waals surface area contributed by atoms with Crippen molar-refractivity contribution in [1.29, 1.82) is 5.26 Å². The van der Waals surface area contributed by atoms with Crippen molar-refractivity contribution in [2.45, 2.75) is 44.6 Å². The van der Waals surface area contributed by atoms with Gasteiger partial charge in [0.25, 0.3) is 5.91 Å². The van der Waals surface area contributed by atoms with E-state index in [1.807, 2.05) is 11.0 Å². The van der Waals surface area contributed by atoms with Crippen molar-refractivity contribution in [3.8, 4) is 6.07 Å². The van der Waals surface area contributed by atoms with Crippen molar-refractivity contribution in [2.75, 3.05) is 13.1 Å². The Morgan fingerprint density at radius 1 is 1.19 bits per heavy atom. The zero-order valence-electron chi connectivity index (χ0n) is 12.2. The first kappa shape index (κ1) is 15.4. The number of hydrogen-bond donors (Lipinski definition) is 2. The topological polar surface area (TPSA) is 99.2 Å². The monoisotopic (exact) mass is 290 g/mol. The summed E-state index contributed by atoms with van der Waals surface area (Å²) in [6.07, 6.45) is 7.22. The summed E-state index contributed by atoms with van der Waals surface area (Å²) in [4.78, 5) is 25.1. The Hall–Kier alpha value is -2.03. The Bertz CT molecular complexity index is 467. The molecule has 1 saturated heterocycles. The predicted molar refractivity (Wildman–Crippen MR) is 77.6 cm³/mol. The molecule has 0 atom stereocenters. The lowest BCUT2D eigenvalue weighted by atomic mass is 9.96. The molecule has 2 rings (SSSR count). The number of rotatable bonds is 4. The molecule has 6 nitrogen and oxygen atoms in total. The van der Waals surface area contributed by atoms with Gasteiger partial charge in [-0.2, -0.15) is 5.26 Å². The van der Waals surface area contributed by atoms with Crippen LogP contribution in [0, 0.1) is 17.2 Å². The third-order valence-corrected chi connectivity index (χ3v) is 4.30. The van der Waals surface area contributed by atoms with Crippen molar-refractivity contribution in [3.05, 3.63) is 11.8 Å². The molecule has 0 unspecified atom stereocenters. The summed E-state index contributed by atoms with van der Waals surface area (Å²) in [5.41, 5.74) is 5.43. The summed E-state index contributed by atoms with van der Waals surface area (Å²) in [7, 11) is 0. The van der Waals surface area contributed by atoms with Gasteiger partial charge in [-0.3, -0.25) is 9.59 Å². The molecule has 3 N–H and O–H groups in total. The number of nitriles is 1. The second-order valence-corrected chi connectivity index (χ2v) is 5.82. The van der Waals surface area contributed by atoms with Gasteiger partial charge in [0.1, 0.15) is 11.6 Å². The molecule has 6 heteroatoms. The predicted octanol–water partition coefficient (Wildman–Crippen LogP) is 0.650. The highest BCUT2D eigenvalue weighted by Gasteiger charge is 2.23. The number of primary amides is 1. The summed E-state index contributed by atoms with van der Waals surface area (Å²) in [5, 5.41) is 12.1. The molecule has 0 aromatic heterocycles. The second kappa shape index (κ2) is 7.11. The first-order valence-electron chi connectivity index (χ1n) is 7.56. The van der Waals surface area contributed by atoms with Crippen molar-refractivity contribution < 1.29 is 9.59 Å². The van der Waals surface area contributed by atoms with E-state index in [1.54, 1.807) is 6.20 Å². The average molecular weight is 290 g/mol. The van der Waals surface area contributed by atoms with E-state index in [-0.39, 0.29) is 29.3 Å². The fourth-order valence-electron chi connectivity index (χ4n) is 2.97. The summed E-state index contributed by atoms with van der Waals surface area (Å²) in [5.74, 6) is -0.646. The van der Waals surface area contributed by atoms with Crippen LogP contribution in [0.15, 0.2) is 11.8 Å². The summed E-state index contributed by atoms with van der Waals surface area (Å²) >= 11 is 0. The van der Waals surface area contributed by atoms with Gasteiger partial charge in [0.2, 0.25) is 5.91 Å². The normalized spacial score (nSPS) is 21.1. The van der Waals surface area contributed by atoms with E-state index in [4.69, 9.17) is 11.0 Å². The maximum Gasteiger partial charge on any atom is 0.263 e. The lowest BCUT2D eigenvalue weighted by Gasteiger charge is -2.29. The first-order valence-corrected chi connectivity index (χ1v) is 7.56. The van der Waals surface area contributed by atoms with Gasteiger partial charge < -0.3 is 16.0 Å². The third-order valence-electron chi connectivity index (χ3n) is 4.30. The first-order chi connectivity index (χ1) is 10.1. The van der Waals surface area contributed by atoms with Crippen molar-refractivity contribution in [3.63, 3.8) is 0 Å². The molecule has 114 valence electrons. The molecule has 2 amide bonds. The second-order valence-electron chi connectivity index (χ2n) is 5.82. The standard InChI is InChI=1S/C15H22N4O2/c16-9-12(15(21)18-13-3-1-2-4-13)10-19-7-5-11(6-8-19)14(17)20/h10-11,13H,1-8H2,(H2,17,20)(H,18,21)/b12-10-. The van der Waals surface area contributed by atoms with Crippen LogP contribution in [0.4, 0.5) is 0 Å². The molecule has 0 spiro atoms. The minimum absolute atomic E-state index is 0.0903. The van der Waals surface area contributed by atoms with Gasteiger partial charge in [-0.05, 0) is 25.7 Å². The molecule has 1 aliphatic heterocycles. The number of nitrogens with two attached hydrogens (primary N) is 1. The molecule has 0 bridgehead atoms. The minimum atomic E-state index is -0.290. The highest BCUT2D eigenvalue weighted by molar-refractivity contribution is 5.97. The van der Waals surface area contributed by atoms with Gasteiger partial charge in [0.05, 0.1) is 0 Å². The lowest BCUT2D eigenvalue weighted by molar-refractivity contribution is -0.123. The van der Waals surface area contributed by atoms with Gasteiger partial charge in [0.15, 0.2) is 0 Å². The molecule has 1 heterocycles. The number of piperidine rings is 1. The number of nitrogens with zero attached hydrogens (tertiary/aromatic N) is 2. The van der Waals surface area contributed by atoms with E-state index in [2.05, 4.69) is 5.32 Å². The van der Waals surface area contributed by atoms with Crippen LogP contribution in [-0.2, 0) is 9.59 Å². The van der Waals surface area contributed by atoms with Crippen molar-refractivity contribution in [1.82, 2.24) is 10.2 Å². The number of carbonyl (C=O) groups is 2. The minimum Gasteiger partial charge on any atom is -0.376 e. The van der Waals surface area contributed by atoms with E-state index in [9.17, 15) is 9.59 Å². The average Bonchev–Trinajstić information content (AvgIpc) is 2.98. The van der Waals surface area contributed by atoms with E-state index in [0.29, 0.717) is 25.9 Å². The van der Waals surface area contributed by atoms with Crippen molar-refractivity contribution >= 4 is 11.8 Å². The van der Waals surface area contributed by atoms with Crippen LogP contribution >= 0.6 is 0 Å². The largest absolute Gasteiger partial charge is 0.376 e. The van der Waals surface area contributed by atoms with Gasteiger partial charge in [-0.1, -0.05) is 12.8 Å². The number of nitrogens with one attached hydrogen (secondary N) is 1. The zero-order chi connectivity index (χ0) is 15.2. The Kier molecular flexibility index (Phi) is 5.20. The van der Waals surface area contributed by atoms with Gasteiger partial charge in [-0.25, -0.2) is 0 Å². The molecule has 1 aliphatic carbocycles. The molecule has 2 fully saturated rings. The summed E-state index contributed by atoms with van der Waals surface area (Å²) < 4.78 is 0. The molecular formula is C15H22N4O2. The Labute approximate surface area is 125 Å². The van der Waals surface area contributed by atoms with Crippen LogP contribution < -0.4 is 11.1 Å². The van der Waals surface area contributed by atoms with Gasteiger partial charge in [0, 0.05) is 31.2 Å². The highest BCUT2D eigenvalue weighted by Crippen LogP contribution is 2.19. The van der Waals surface area contributed by atoms with Gasteiger partial charge >= 0.3 is 0 Å². The summed E-state index contributed by atoms with van der Waals surface area (Å²) in [6.45, 7) is 1.30. The lowest BCUT2D eigenvalue weighted by Crippen LogP contribution is -2.37. The summed E-state index contributed by atoms with van der Waals surface area (Å²) in [6, 6.07) is 2.18. The Balaban J connectivity index is 1.89. The van der Waals surface area contributed by atoms with E-state index >= 15 is 0 Å². The smallest absolute Gasteiger partial charge is 0.263 e. The van der Waals surface area contributed by atoms with E-state index in [0.717, 1.165) is 25.7 Å². The van der Waals surface area contributed by atoms with Crippen LogP contribution in [0.3, 0.4) is 0 Å². The fraction of sp³-hybridized carbons (Fsp3) is 0.667. The van der Waals surface area contributed by atoms with Gasteiger partial charge in [-0.15, -0.1) is 0 Å². The molecule has 0 radical (unpaired) electrons. The zero-order valence-corrected chi connectivity index (χ0v) is 12.2. The van der Waals surface area contributed by atoms with Crippen LogP contribution in [0.25, 0.3) is 0 Å². The number of hydrogen-bond acceptors (Lipinski definition) is 4. The van der Waals surface area contributed by atoms with E-state index in [1.165, 1.54) is 0 Å². The van der Waals surface area contributed by atoms with Crippen LogP contribution in [-0.4, -0.2) is 35.8 Å².